The summed E-state index contributed by atoms with van der Waals surface area (Å²) in [6.45, 7) is 0. The number of sulfone groups is 1. The van der Waals surface area contributed by atoms with Crippen molar-refractivity contribution in [2.45, 2.75) is 11.3 Å². The average molecular weight is 274 g/mol. The molecule has 0 N–H and O–H groups in total. The summed E-state index contributed by atoms with van der Waals surface area (Å²) in [6.07, 6.45) is -4.26. The standard InChI is InChI=1S/C8H5ClF3O3S/c1-16(13,14)6-4-2-3-5(9)7(6)15-8(10,11)12/h2,4H,1H3. The van der Waals surface area contributed by atoms with E-state index in [1.165, 1.54) is 0 Å². The second-order valence-electron chi connectivity index (χ2n) is 2.80. The molecule has 1 aromatic carbocycles. The molecule has 0 aliphatic carbocycles. The van der Waals surface area contributed by atoms with Crippen LogP contribution >= 0.6 is 11.6 Å². The van der Waals surface area contributed by atoms with Gasteiger partial charge in [-0.1, -0.05) is 17.7 Å². The predicted octanol–water partition coefficient (Wildman–Crippen LogP) is 2.44. The molecule has 0 spiro atoms. The first-order valence-corrected chi connectivity index (χ1v) is 6.04. The molecule has 1 rings (SSSR count). The Bertz CT molecular complexity index is 496. The highest BCUT2D eigenvalue weighted by Gasteiger charge is 2.34. The van der Waals surface area contributed by atoms with Crippen molar-refractivity contribution in [2.24, 2.45) is 0 Å². The van der Waals surface area contributed by atoms with Gasteiger partial charge in [-0.2, -0.15) is 0 Å². The lowest BCUT2D eigenvalue weighted by atomic mass is 10.3. The van der Waals surface area contributed by atoms with Crippen LogP contribution in [0, 0.1) is 6.07 Å². The zero-order chi connectivity index (χ0) is 12.6. The van der Waals surface area contributed by atoms with Gasteiger partial charge in [-0.25, -0.2) is 8.42 Å². The van der Waals surface area contributed by atoms with Crippen LogP contribution in [0.25, 0.3) is 0 Å². The molecule has 3 nitrogen and oxygen atoms in total. The summed E-state index contributed by atoms with van der Waals surface area (Å²) in [6, 6.07) is 4.24. The molecule has 0 saturated carbocycles. The minimum absolute atomic E-state index is 0.541. The maximum Gasteiger partial charge on any atom is 0.573 e. The van der Waals surface area contributed by atoms with Crippen molar-refractivity contribution >= 4 is 21.4 Å². The van der Waals surface area contributed by atoms with E-state index in [9.17, 15) is 21.6 Å². The summed E-state index contributed by atoms with van der Waals surface area (Å²) in [5, 5.41) is -0.541. The first kappa shape index (κ1) is 13.1. The molecule has 0 aliphatic rings. The van der Waals surface area contributed by atoms with Crippen molar-refractivity contribution in [3.8, 4) is 5.75 Å². The monoisotopic (exact) mass is 273 g/mol. The van der Waals surface area contributed by atoms with E-state index in [1.54, 1.807) is 0 Å². The van der Waals surface area contributed by atoms with Gasteiger partial charge in [-0.05, 0) is 6.07 Å². The fraction of sp³-hybridized carbons (Fsp3) is 0.250. The van der Waals surface area contributed by atoms with Crippen molar-refractivity contribution < 1.29 is 26.3 Å². The van der Waals surface area contributed by atoms with E-state index in [0.29, 0.717) is 0 Å². The highest BCUT2D eigenvalue weighted by atomic mass is 35.5. The molecule has 1 aromatic rings. The molecular formula is C8H5ClF3O3S. The van der Waals surface area contributed by atoms with Crippen molar-refractivity contribution in [2.75, 3.05) is 6.26 Å². The van der Waals surface area contributed by atoms with Gasteiger partial charge < -0.3 is 4.74 Å². The van der Waals surface area contributed by atoms with Crippen molar-refractivity contribution in [1.82, 2.24) is 0 Å². The Morgan fingerprint density at radius 1 is 1.44 bits per heavy atom. The number of halogens is 4. The Labute approximate surface area is 94.7 Å². The minimum Gasteiger partial charge on any atom is -0.403 e. The van der Waals surface area contributed by atoms with Gasteiger partial charge in [0.1, 0.15) is 4.90 Å². The largest absolute Gasteiger partial charge is 0.573 e. The lowest BCUT2D eigenvalue weighted by Gasteiger charge is -2.13. The van der Waals surface area contributed by atoms with Crippen LogP contribution in [-0.4, -0.2) is 21.0 Å². The van der Waals surface area contributed by atoms with E-state index in [2.05, 4.69) is 10.8 Å². The van der Waals surface area contributed by atoms with E-state index in [-0.39, 0.29) is 0 Å². The third-order valence-corrected chi connectivity index (χ3v) is 2.89. The van der Waals surface area contributed by atoms with E-state index in [4.69, 9.17) is 11.6 Å². The van der Waals surface area contributed by atoms with Gasteiger partial charge in [0.05, 0.1) is 5.02 Å². The third kappa shape index (κ3) is 3.28. The maximum atomic E-state index is 12.0. The van der Waals surface area contributed by atoms with Crippen molar-refractivity contribution in [3.05, 3.63) is 23.2 Å². The molecule has 8 heteroatoms. The Balaban J connectivity index is 3.36. The lowest BCUT2D eigenvalue weighted by molar-refractivity contribution is -0.275. The first-order chi connectivity index (χ1) is 7.11. The van der Waals surface area contributed by atoms with Gasteiger partial charge in [-0.3, -0.25) is 0 Å². The highest BCUT2D eigenvalue weighted by Crippen LogP contribution is 2.35. The quantitative estimate of drug-likeness (QED) is 0.831. The van der Waals surface area contributed by atoms with E-state index in [1.807, 2.05) is 0 Å². The molecule has 0 heterocycles. The van der Waals surface area contributed by atoms with E-state index in [0.717, 1.165) is 18.4 Å². The van der Waals surface area contributed by atoms with Crippen molar-refractivity contribution in [3.63, 3.8) is 0 Å². The molecule has 0 aromatic heterocycles. The van der Waals surface area contributed by atoms with Crippen LogP contribution in [0.5, 0.6) is 5.75 Å². The Kier molecular flexibility index (Phi) is 3.39. The summed E-state index contributed by atoms with van der Waals surface area (Å²) in [5.74, 6) is -0.959. The van der Waals surface area contributed by atoms with Crippen molar-refractivity contribution in [1.29, 1.82) is 0 Å². The summed E-state index contributed by atoms with van der Waals surface area (Å²) < 4.78 is 61.9. The molecule has 0 fully saturated rings. The molecule has 0 atom stereocenters. The van der Waals surface area contributed by atoms with Crippen LogP contribution in [0.1, 0.15) is 0 Å². The Hall–Kier alpha value is -0.950. The Morgan fingerprint density at radius 2 is 2.00 bits per heavy atom. The van der Waals surface area contributed by atoms with Crippen LogP contribution in [0.3, 0.4) is 0 Å². The SMILES string of the molecule is CS(=O)(=O)c1cc[c]c(Cl)c1OC(F)(F)F. The average Bonchev–Trinajstić information content (AvgIpc) is 2.04. The molecule has 0 saturated heterocycles. The molecule has 0 amide bonds. The van der Waals surface area contributed by atoms with Gasteiger partial charge in [-0.15, -0.1) is 13.2 Å². The second-order valence-corrected chi connectivity index (χ2v) is 5.17. The number of alkyl halides is 3. The number of hydrogen-bond acceptors (Lipinski definition) is 3. The lowest BCUT2D eigenvalue weighted by Crippen LogP contribution is -2.19. The number of rotatable bonds is 2. The number of hydrogen-bond donors (Lipinski definition) is 0. The first-order valence-electron chi connectivity index (χ1n) is 3.77. The molecular weight excluding hydrogens is 269 g/mol. The third-order valence-electron chi connectivity index (χ3n) is 1.49. The number of ether oxygens (including phenoxy) is 1. The molecule has 1 radical (unpaired) electrons. The highest BCUT2D eigenvalue weighted by molar-refractivity contribution is 7.90. The van der Waals surface area contributed by atoms with Crippen LogP contribution < -0.4 is 4.74 Å². The smallest absolute Gasteiger partial charge is 0.403 e. The van der Waals surface area contributed by atoms with Gasteiger partial charge in [0, 0.05) is 12.3 Å². The van der Waals surface area contributed by atoms with Gasteiger partial charge in [0.2, 0.25) is 0 Å². The van der Waals surface area contributed by atoms with Gasteiger partial charge in [0.25, 0.3) is 0 Å². The fourth-order valence-corrected chi connectivity index (χ4v) is 2.00. The minimum atomic E-state index is -5.02. The summed E-state index contributed by atoms with van der Waals surface area (Å²) in [4.78, 5) is -0.631. The zero-order valence-electron chi connectivity index (χ0n) is 7.80. The predicted molar refractivity (Wildman–Crippen MR) is 50.1 cm³/mol. The van der Waals surface area contributed by atoms with Gasteiger partial charge in [0.15, 0.2) is 15.6 Å². The summed E-state index contributed by atoms with van der Waals surface area (Å²) >= 11 is 5.40. The summed E-state index contributed by atoms with van der Waals surface area (Å²) in [7, 11) is -3.86. The van der Waals surface area contributed by atoms with Crippen LogP contribution in [0.15, 0.2) is 17.0 Å². The molecule has 16 heavy (non-hydrogen) atoms. The second kappa shape index (κ2) is 4.14. The van der Waals surface area contributed by atoms with Crippen LogP contribution in [0.4, 0.5) is 13.2 Å². The fourth-order valence-electron chi connectivity index (χ4n) is 0.943. The zero-order valence-corrected chi connectivity index (χ0v) is 9.37. The van der Waals surface area contributed by atoms with E-state index >= 15 is 0 Å². The van der Waals surface area contributed by atoms with E-state index < -0.39 is 31.9 Å². The van der Waals surface area contributed by atoms with Crippen LogP contribution in [0.2, 0.25) is 5.02 Å². The molecule has 0 unspecified atom stereocenters. The topological polar surface area (TPSA) is 43.4 Å². The Morgan fingerprint density at radius 3 is 2.44 bits per heavy atom. The number of benzene rings is 1. The van der Waals surface area contributed by atoms with Gasteiger partial charge >= 0.3 is 6.36 Å². The summed E-state index contributed by atoms with van der Waals surface area (Å²) in [5.41, 5.74) is 0. The maximum absolute atomic E-state index is 12.0. The van der Waals surface area contributed by atoms with Crippen LogP contribution in [-0.2, 0) is 9.84 Å². The molecule has 89 valence electrons. The molecule has 0 bridgehead atoms. The molecule has 0 aliphatic heterocycles. The normalized spacial score (nSPS) is 12.6.